The first kappa shape index (κ1) is 22.6. The van der Waals surface area contributed by atoms with E-state index in [9.17, 15) is 0 Å². The number of rotatable bonds is 2. The summed E-state index contributed by atoms with van der Waals surface area (Å²) in [6.07, 6.45) is 2.49. The molecule has 0 fully saturated rings. The third-order valence-electron chi connectivity index (χ3n) is 10.2. The summed E-state index contributed by atoms with van der Waals surface area (Å²) in [5.74, 6) is 2.65. The third-order valence-corrected chi connectivity index (χ3v) is 10.2. The lowest BCUT2D eigenvalue weighted by Crippen LogP contribution is -2.34. The maximum atomic E-state index is 2.60. The first-order valence-corrected chi connectivity index (χ1v) is 12.5. The Bertz CT molecular complexity index is 993. The quantitative estimate of drug-likeness (QED) is 0.461. The largest absolute Gasteiger partial charge is 0.0616 e. The predicted octanol–water partition coefficient (Wildman–Crippen LogP) is 8.43. The van der Waals surface area contributed by atoms with Crippen LogP contribution in [0.4, 0.5) is 0 Å². The van der Waals surface area contributed by atoms with Crippen molar-refractivity contribution in [1.29, 1.82) is 0 Å². The molecule has 2 aliphatic rings. The molecule has 2 aromatic carbocycles. The smallest absolute Gasteiger partial charge is 0.00702 e. The monoisotopic (exact) mass is 416 g/mol. The second-order valence-electron chi connectivity index (χ2n) is 11.9. The predicted molar refractivity (Wildman–Crippen MR) is 136 cm³/mol. The molecular formula is C31H44. The molecule has 0 aromatic heterocycles. The van der Waals surface area contributed by atoms with Gasteiger partial charge in [-0.1, -0.05) is 27.7 Å². The molecule has 0 bridgehead atoms. The summed E-state index contributed by atoms with van der Waals surface area (Å²) in [6, 6.07) is 0. The van der Waals surface area contributed by atoms with Crippen molar-refractivity contribution in [3.05, 3.63) is 66.8 Å². The van der Waals surface area contributed by atoms with Gasteiger partial charge in [-0.15, -0.1) is 0 Å². The van der Waals surface area contributed by atoms with Gasteiger partial charge in [-0.05, 0) is 164 Å². The van der Waals surface area contributed by atoms with E-state index in [0.29, 0.717) is 23.7 Å². The Morgan fingerprint density at radius 2 is 0.774 bits per heavy atom. The van der Waals surface area contributed by atoms with Gasteiger partial charge in [-0.2, -0.15) is 0 Å². The Balaban J connectivity index is 1.94. The molecule has 0 saturated carbocycles. The Morgan fingerprint density at radius 3 is 1.10 bits per heavy atom. The van der Waals surface area contributed by atoms with Crippen molar-refractivity contribution in [2.75, 3.05) is 0 Å². The lowest BCUT2D eigenvalue weighted by molar-refractivity contribution is 0.156. The molecule has 0 amide bonds. The van der Waals surface area contributed by atoms with Crippen molar-refractivity contribution >= 4 is 0 Å². The molecule has 2 aliphatic carbocycles. The Labute approximate surface area is 191 Å². The van der Waals surface area contributed by atoms with E-state index < -0.39 is 0 Å². The molecule has 0 nitrogen and oxygen atoms in total. The summed E-state index contributed by atoms with van der Waals surface area (Å²) < 4.78 is 0. The average molecular weight is 417 g/mol. The molecule has 0 heteroatoms. The second kappa shape index (κ2) is 7.23. The van der Waals surface area contributed by atoms with Crippen LogP contribution < -0.4 is 0 Å². The van der Waals surface area contributed by atoms with Gasteiger partial charge >= 0.3 is 0 Å². The first-order chi connectivity index (χ1) is 14.3. The first-order valence-electron chi connectivity index (χ1n) is 12.5. The minimum atomic E-state index is 0.229. The summed E-state index contributed by atoms with van der Waals surface area (Å²) in [7, 11) is 0. The topological polar surface area (TPSA) is 0 Å². The van der Waals surface area contributed by atoms with Crippen molar-refractivity contribution in [3.8, 4) is 0 Å². The molecule has 4 atom stereocenters. The van der Waals surface area contributed by atoms with Gasteiger partial charge in [0.15, 0.2) is 0 Å². The van der Waals surface area contributed by atoms with Crippen LogP contribution >= 0.6 is 0 Å². The molecular weight excluding hydrogens is 372 g/mol. The van der Waals surface area contributed by atoms with E-state index in [4.69, 9.17) is 0 Å². The fraction of sp³-hybridized carbons (Fsp3) is 0.613. The van der Waals surface area contributed by atoms with Crippen LogP contribution in [-0.4, -0.2) is 0 Å². The maximum absolute atomic E-state index is 2.60. The Hall–Kier alpha value is -1.56. The van der Waals surface area contributed by atoms with Crippen LogP contribution in [0.2, 0.25) is 0 Å². The summed E-state index contributed by atoms with van der Waals surface area (Å²) in [4.78, 5) is 0. The van der Waals surface area contributed by atoms with Gasteiger partial charge in [0.2, 0.25) is 0 Å². The Morgan fingerprint density at radius 1 is 0.484 bits per heavy atom. The van der Waals surface area contributed by atoms with E-state index in [2.05, 4.69) is 83.1 Å². The zero-order valence-electron chi connectivity index (χ0n) is 22.2. The van der Waals surface area contributed by atoms with Gasteiger partial charge in [0, 0.05) is 0 Å². The number of benzene rings is 2. The summed E-state index contributed by atoms with van der Waals surface area (Å²) in [5, 5.41) is 0. The van der Waals surface area contributed by atoms with E-state index in [0.717, 1.165) is 0 Å². The molecule has 4 rings (SSSR count). The lowest BCUT2D eigenvalue weighted by Gasteiger charge is -2.44. The molecule has 0 aliphatic heterocycles. The third kappa shape index (κ3) is 2.93. The van der Waals surface area contributed by atoms with Crippen LogP contribution in [0.5, 0.6) is 0 Å². The second-order valence-corrected chi connectivity index (χ2v) is 11.9. The van der Waals surface area contributed by atoms with Gasteiger partial charge in [0.1, 0.15) is 0 Å². The molecule has 31 heavy (non-hydrogen) atoms. The number of hydrogen-bond acceptors (Lipinski definition) is 0. The zero-order chi connectivity index (χ0) is 23.2. The maximum Gasteiger partial charge on any atom is -0.00702 e. The summed E-state index contributed by atoms with van der Waals surface area (Å²) in [6.45, 7) is 29.1. The SMILES string of the molecule is Cc1c(C)c(C)c2c(c1C)CC(C)C2C(C)(C)C1c2c(C)c(C)c(C)c(C)c2CC1C. The van der Waals surface area contributed by atoms with Gasteiger partial charge < -0.3 is 0 Å². The molecule has 0 heterocycles. The Kier molecular flexibility index (Phi) is 5.27. The number of hydrogen-bond donors (Lipinski definition) is 0. The van der Waals surface area contributed by atoms with E-state index in [1.165, 1.54) is 35.1 Å². The highest BCUT2D eigenvalue weighted by molar-refractivity contribution is 5.58. The van der Waals surface area contributed by atoms with Gasteiger partial charge in [0.05, 0.1) is 0 Å². The molecule has 0 N–H and O–H groups in total. The van der Waals surface area contributed by atoms with Crippen LogP contribution in [0.1, 0.15) is 106 Å². The fourth-order valence-corrected chi connectivity index (χ4v) is 8.06. The van der Waals surface area contributed by atoms with Crippen molar-refractivity contribution in [2.24, 2.45) is 17.3 Å². The average Bonchev–Trinajstić information content (AvgIpc) is 3.25. The van der Waals surface area contributed by atoms with Crippen molar-refractivity contribution < 1.29 is 0 Å². The van der Waals surface area contributed by atoms with Gasteiger partial charge in [0.25, 0.3) is 0 Å². The highest BCUT2D eigenvalue weighted by Crippen LogP contribution is 2.61. The normalized spacial score (nSPS) is 25.2. The van der Waals surface area contributed by atoms with Crippen molar-refractivity contribution in [1.82, 2.24) is 0 Å². The van der Waals surface area contributed by atoms with Gasteiger partial charge in [-0.25, -0.2) is 0 Å². The van der Waals surface area contributed by atoms with Crippen molar-refractivity contribution in [3.63, 3.8) is 0 Å². The van der Waals surface area contributed by atoms with Gasteiger partial charge in [-0.3, -0.25) is 0 Å². The minimum Gasteiger partial charge on any atom is -0.0616 e. The van der Waals surface area contributed by atoms with E-state index >= 15 is 0 Å². The lowest BCUT2D eigenvalue weighted by atomic mass is 9.60. The molecule has 0 saturated heterocycles. The molecule has 168 valence electrons. The molecule has 0 spiro atoms. The highest BCUT2D eigenvalue weighted by atomic mass is 14.5. The van der Waals surface area contributed by atoms with Crippen molar-refractivity contribution in [2.45, 2.75) is 108 Å². The standard InChI is InChI=1S/C31H44/c1-15-13-25-21(7)17(3)19(5)23(9)27(25)29(15)31(11,12)30-16(2)14-26-22(8)18(4)20(6)24(10)28(26)30/h15-16,29-30H,13-14H2,1-12H3. The van der Waals surface area contributed by atoms with Crippen LogP contribution in [0.15, 0.2) is 0 Å². The molecule has 4 unspecified atom stereocenters. The summed E-state index contributed by atoms with van der Waals surface area (Å²) >= 11 is 0. The molecule has 0 radical (unpaired) electrons. The summed E-state index contributed by atoms with van der Waals surface area (Å²) in [5.41, 5.74) is 19.3. The van der Waals surface area contributed by atoms with E-state index in [1.54, 1.807) is 44.5 Å². The van der Waals surface area contributed by atoms with Crippen LogP contribution in [-0.2, 0) is 12.8 Å². The molecule has 2 aromatic rings. The fourth-order valence-electron chi connectivity index (χ4n) is 8.06. The zero-order valence-corrected chi connectivity index (χ0v) is 22.2. The van der Waals surface area contributed by atoms with Crippen LogP contribution in [0.25, 0.3) is 0 Å². The highest BCUT2D eigenvalue weighted by Gasteiger charge is 2.50. The van der Waals surface area contributed by atoms with E-state index in [1.807, 2.05) is 0 Å². The number of fused-ring (bicyclic) bond motifs is 2. The van der Waals surface area contributed by atoms with E-state index in [-0.39, 0.29) is 5.41 Å². The minimum absolute atomic E-state index is 0.229. The van der Waals surface area contributed by atoms with Crippen LogP contribution in [0, 0.1) is 72.6 Å². The van der Waals surface area contributed by atoms with Crippen LogP contribution in [0.3, 0.4) is 0 Å².